The zero-order chi connectivity index (χ0) is 14.2. The summed E-state index contributed by atoms with van der Waals surface area (Å²) in [5.74, 6) is 0. The number of rotatable bonds is 2. The molecule has 0 aliphatic carbocycles. The molecule has 0 aromatic rings. The molecule has 2 heterocycles. The summed E-state index contributed by atoms with van der Waals surface area (Å²) in [7, 11) is 0. The monoisotopic (exact) mass is 298 g/mol. The first-order valence-corrected chi connectivity index (χ1v) is 6.83. The Bertz CT molecular complexity index is 277. The van der Waals surface area contributed by atoms with Crippen molar-refractivity contribution in [3.63, 3.8) is 0 Å². The van der Waals surface area contributed by atoms with Crippen LogP contribution in [0.4, 0.5) is 0 Å². The maximum Gasteiger partial charge on any atom is 0.134 e. The fraction of sp³-hybridized carbons (Fsp3) is 1.00. The third-order valence-electron chi connectivity index (χ3n) is 3.18. The molecule has 0 radical (unpaired) electrons. The minimum atomic E-state index is -1.34. The number of hydrogen-bond donors (Lipinski definition) is 6. The third-order valence-corrected chi connectivity index (χ3v) is 4.54. The van der Waals surface area contributed by atoms with Crippen molar-refractivity contribution in [2.45, 2.75) is 47.5 Å². The Kier molecular flexibility index (Phi) is 5.04. The smallest absolute Gasteiger partial charge is 0.134 e. The Morgan fingerprint density at radius 2 is 1.00 bits per heavy atom. The molecule has 8 atom stereocenters. The molecule has 0 saturated carbocycles. The van der Waals surface area contributed by atoms with E-state index in [9.17, 15) is 30.6 Å². The van der Waals surface area contributed by atoms with E-state index in [4.69, 9.17) is 9.47 Å². The van der Waals surface area contributed by atoms with Crippen molar-refractivity contribution in [1.82, 2.24) is 0 Å². The lowest BCUT2D eigenvalue weighted by molar-refractivity contribution is -0.171. The Balaban J connectivity index is 1.94. The van der Waals surface area contributed by atoms with Crippen LogP contribution in [0.25, 0.3) is 0 Å². The van der Waals surface area contributed by atoms with Crippen molar-refractivity contribution in [3.8, 4) is 0 Å². The van der Waals surface area contributed by atoms with Gasteiger partial charge in [0.1, 0.15) is 47.5 Å². The molecule has 8 nitrogen and oxygen atoms in total. The molecule has 2 saturated heterocycles. The minimum absolute atomic E-state index is 0.149. The van der Waals surface area contributed by atoms with Gasteiger partial charge in [0.25, 0.3) is 0 Å². The molecular formula is C10H18O8S. The van der Waals surface area contributed by atoms with Gasteiger partial charge in [0.05, 0.1) is 13.2 Å². The Morgan fingerprint density at radius 1 is 0.632 bits per heavy atom. The first-order valence-electron chi connectivity index (χ1n) is 5.89. The van der Waals surface area contributed by atoms with Gasteiger partial charge in [0.15, 0.2) is 0 Å². The van der Waals surface area contributed by atoms with Crippen LogP contribution < -0.4 is 0 Å². The lowest BCUT2D eigenvalue weighted by Crippen LogP contribution is -2.55. The molecule has 2 unspecified atom stereocenters. The maximum absolute atomic E-state index is 9.74. The van der Waals surface area contributed by atoms with Gasteiger partial charge < -0.3 is 40.1 Å². The highest BCUT2D eigenvalue weighted by atomic mass is 32.2. The standard InChI is InChI=1S/C10H18O8S/c11-3-1-17-9(7(15)5(3)13)19-10-8(16)6(14)4(12)2-18-10/h3-16H,1-2H2/t3-,4-,5+,6+,7-,8-,9?,10?/m1/s1. The molecule has 0 spiro atoms. The topological polar surface area (TPSA) is 140 Å². The Labute approximate surface area is 113 Å². The summed E-state index contributed by atoms with van der Waals surface area (Å²) in [6, 6.07) is 0. The van der Waals surface area contributed by atoms with E-state index in [1.165, 1.54) is 0 Å². The summed E-state index contributed by atoms with van der Waals surface area (Å²) in [4.78, 5) is 0. The SMILES string of the molecule is O[C@H]1[C@H](O)COC(SC2OC[C@@H](O)[C@H](O)[C@H]2O)[C@@H]1O. The summed E-state index contributed by atoms with van der Waals surface area (Å²) in [5.41, 5.74) is -1.80. The molecule has 2 aliphatic heterocycles. The summed E-state index contributed by atoms with van der Waals surface area (Å²) in [6.45, 7) is -0.298. The summed E-state index contributed by atoms with van der Waals surface area (Å²) in [6.07, 6.45) is -7.71. The molecule has 0 aromatic heterocycles. The highest BCUT2D eigenvalue weighted by molar-refractivity contribution is 8.00. The molecule has 19 heavy (non-hydrogen) atoms. The molecule has 2 rings (SSSR count). The van der Waals surface area contributed by atoms with Crippen LogP contribution in [0.1, 0.15) is 0 Å². The van der Waals surface area contributed by atoms with E-state index in [0.717, 1.165) is 11.8 Å². The van der Waals surface area contributed by atoms with Gasteiger partial charge in [-0.05, 0) is 0 Å². The van der Waals surface area contributed by atoms with Crippen LogP contribution in [0, 0.1) is 0 Å². The lowest BCUT2D eigenvalue weighted by Gasteiger charge is -2.40. The average molecular weight is 298 g/mol. The second kappa shape index (κ2) is 6.20. The van der Waals surface area contributed by atoms with Gasteiger partial charge >= 0.3 is 0 Å². The molecular weight excluding hydrogens is 280 g/mol. The lowest BCUT2D eigenvalue weighted by atomic mass is 10.1. The Hall–Kier alpha value is 0.0300. The summed E-state index contributed by atoms with van der Waals surface area (Å²) in [5, 5.41) is 57.1. The number of ether oxygens (including phenoxy) is 2. The van der Waals surface area contributed by atoms with Crippen LogP contribution in [0.15, 0.2) is 0 Å². The predicted molar refractivity (Wildman–Crippen MR) is 63.1 cm³/mol. The van der Waals surface area contributed by atoms with Crippen LogP contribution >= 0.6 is 11.8 Å². The summed E-state index contributed by atoms with van der Waals surface area (Å²) < 4.78 is 10.3. The van der Waals surface area contributed by atoms with Crippen LogP contribution in [-0.4, -0.2) is 91.3 Å². The van der Waals surface area contributed by atoms with Gasteiger partial charge in [0, 0.05) is 0 Å². The van der Waals surface area contributed by atoms with E-state index in [0.29, 0.717) is 0 Å². The van der Waals surface area contributed by atoms with Gasteiger partial charge in [-0.1, -0.05) is 11.8 Å². The zero-order valence-corrected chi connectivity index (χ0v) is 10.8. The molecule has 2 fully saturated rings. The molecule has 112 valence electrons. The van der Waals surface area contributed by atoms with Crippen molar-refractivity contribution in [2.24, 2.45) is 0 Å². The normalized spacial score (nSPS) is 52.1. The third kappa shape index (κ3) is 3.20. The van der Waals surface area contributed by atoms with Crippen LogP contribution in [0.2, 0.25) is 0 Å². The van der Waals surface area contributed by atoms with E-state index in [2.05, 4.69) is 0 Å². The second-order valence-electron chi connectivity index (χ2n) is 4.64. The van der Waals surface area contributed by atoms with E-state index in [1.807, 2.05) is 0 Å². The van der Waals surface area contributed by atoms with Crippen molar-refractivity contribution in [2.75, 3.05) is 13.2 Å². The maximum atomic E-state index is 9.74. The van der Waals surface area contributed by atoms with Gasteiger partial charge in [0.2, 0.25) is 0 Å². The zero-order valence-electron chi connectivity index (χ0n) is 9.94. The molecule has 0 bridgehead atoms. The fourth-order valence-electron chi connectivity index (χ4n) is 1.93. The minimum Gasteiger partial charge on any atom is -0.388 e. The van der Waals surface area contributed by atoms with E-state index < -0.39 is 47.5 Å². The van der Waals surface area contributed by atoms with Gasteiger partial charge in [-0.2, -0.15) is 0 Å². The number of aliphatic hydroxyl groups excluding tert-OH is 6. The summed E-state index contributed by atoms with van der Waals surface area (Å²) >= 11 is 0.883. The van der Waals surface area contributed by atoms with Crippen molar-refractivity contribution >= 4 is 11.8 Å². The van der Waals surface area contributed by atoms with Gasteiger partial charge in [-0.15, -0.1) is 0 Å². The van der Waals surface area contributed by atoms with E-state index in [1.54, 1.807) is 0 Å². The molecule has 0 aromatic carbocycles. The first kappa shape index (κ1) is 15.4. The van der Waals surface area contributed by atoms with Crippen LogP contribution in [-0.2, 0) is 9.47 Å². The van der Waals surface area contributed by atoms with Crippen molar-refractivity contribution in [1.29, 1.82) is 0 Å². The van der Waals surface area contributed by atoms with E-state index in [-0.39, 0.29) is 13.2 Å². The van der Waals surface area contributed by atoms with Crippen LogP contribution in [0.5, 0.6) is 0 Å². The largest absolute Gasteiger partial charge is 0.388 e. The number of thioether (sulfide) groups is 1. The quantitative estimate of drug-likeness (QED) is 0.308. The second-order valence-corrected chi connectivity index (χ2v) is 5.84. The number of aliphatic hydroxyl groups is 6. The average Bonchev–Trinajstić information content (AvgIpc) is 2.39. The highest BCUT2D eigenvalue weighted by Crippen LogP contribution is 2.33. The Morgan fingerprint density at radius 3 is 1.37 bits per heavy atom. The highest BCUT2D eigenvalue weighted by Gasteiger charge is 2.44. The molecule has 9 heteroatoms. The molecule has 6 N–H and O–H groups in total. The first-order chi connectivity index (χ1) is 8.91. The van der Waals surface area contributed by atoms with Crippen LogP contribution in [0.3, 0.4) is 0 Å². The molecule has 2 aliphatic rings. The van der Waals surface area contributed by atoms with E-state index >= 15 is 0 Å². The molecule has 0 amide bonds. The fourth-order valence-corrected chi connectivity index (χ4v) is 3.15. The van der Waals surface area contributed by atoms with Crippen molar-refractivity contribution in [3.05, 3.63) is 0 Å². The van der Waals surface area contributed by atoms with Crippen molar-refractivity contribution < 1.29 is 40.1 Å². The van der Waals surface area contributed by atoms with Gasteiger partial charge in [-0.25, -0.2) is 0 Å². The van der Waals surface area contributed by atoms with Gasteiger partial charge in [-0.3, -0.25) is 0 Å². The number of hydrogen-bond acceptors (Lipinski definition) is 9. The predicted octanol–water partition coefficient (Wildman–Crippen LogP) is -3.40.